The molecule has 0 saturated carbocycles. The summed E-state index contributed by atoms with van der Waals surface area (Å²) in [4.78, 5) is 36.7. The van der Waals surface area contributed by atoms with Crippen molar-refractivity contribution >= 4 is 40.3 Å². The van der Waals surface area contributed by atoms with Crippen LogP contribution in [0.25, 0.3) is 10.9 Å². The van der Waals surface area contributed by atoms with Crippen LogP contribution in [0.15, 0.2) is 36.4 Å². The Labute approximate surface area is 184 Å². The van der Waals surface area contributed by atoms with Gasteiger partial charge in [0, 0.05) is 22.7 Å². The second kappa shape index (κ2) is 8.81. The van der Waals surface area contributed by atoms with E-state index < -0.39 is 12.0 Å². The average molecular weight is 443 g/mol. The number of aryl methyl sites for hydroxylation is 1. The molecule has 3 rings (SSSR count). The largest absolute Gasteiger partial charge is 0.506 e. The molecule has 0 saturated heterocycles. The normalized spacial score (nSPS) is 12.0. The molecule has 1 unspecified atom stereocenters. The summed E-state index contributed by atoms with van der Waals surface area (Å²) in [5.41, 5.74) is 3.07. The highest BCUT2D eigenvalue weighted by Crippen LogP contribution is 2.35. The number of amides is 1. The number of benzene rings is 2. The van der Waals surface area contributed by atoms with Gasteiger partial charge in [-0.15, -0.1) is 0 Å². The second-order valence-corrected chi connectivity index (χ2v) is 8.04. The maximum atomic E-state index is 13.3. The molecule has 0 aliphatic rings. The van der Waals surface area contributed by atoms with E-state index in [9.17, 15) is 19.5 Å². The van der Waals surface area contributed by atoms with E-state index in [1.807, 2.05) is 19.1 Å². The summed E-state index contributed by atoms with van der Waals surface area (Å²) in [6.07, 6.45) is -0.281. The Morgan fingerprint density at radius 3 is 2.39 bits per heavy atom. The van der Waals surface area contributed by atoms with Gasteiger partial charge in [0.05, 0.1) is 23.4 Å². The molecule has 31 heavy (non-hydrogen) atoms. The Morgan fingerprint density at radius 2 is 1.77 bits per heavy atom. The van der Waals surface area contributed by atoms with Gasteiger partial charge in [0.2, 0.25) is 5.91 Å². The van der Waals surface area contributed by atoms with Crippen molar-refractivity contribution in [3.8, 4) is 5.75 Å². The molecule has 1 aromatic heterocycles. The third kappa shape index (κ3) is 4.72. The first-order valence-electron chi connectivity index (χ1n) is 9.73. The van der Waals surface area contributed by atoms with Crippen molar-refractivity contribution in [3.05, 3.63) is 63.8 Å². The van der Waals surface area contributed by atoms with Crippen molar-refractivity contribution in [2.75, 3.05) is 0 Å². The molecule has 1 atom stereocenters. The van der Waals surface area contributed by atoms with Crippen LogP contribution in [0, 0.1) is 13.8 Å². The SMILES string of the molecule is Cc1ccc(C(=O)n2c(C)c(CC(=O)NC(C)CC(=O)O)c3cc(O)c(Cl)cc32)cc1. The number of nitrogens with one attached hydrogen (secondary N) is 1. The van der Waals surface area contributed by atoms with Crippen molar-refractivity contribution in [2.45, 2.75) is 39.7 Å². The fourth-order valence-corrected chi connectivity index (χ4v) is 3.76. The number of nitrogens with zero attached hydrogens (tertiary/aromatic N) is 1. The lowest BCUT2D eigenvalue weighted by Gasteiger charge is -2.12. The number of phenols is 1. The van der Waals surface area contributed by atoms with Crippen LogP contribution in [0.5, 0.6) is 5.75 Å². The molecular formula is C23H23ClN2O5. The fraction of sp³-hybridized carbons (Fsp3) is 0.261. The molecule has 0 spiro atoms. The summed E-state index contributed by atoms with van der Waals surface area (Å²) in [5, 5.41) is 22.3. The number of aromatic hydroxyl groups is 1. The Kier molecular flexibility index (Phi) is 6.36. The van der Waals surface area contributed by atoms with Crippen LogP contribution in [0.1, 0.15) is 40.5 Å². The monoisotopic (exact) mass is 442 g/mol. The van der Waals surface area contributed by atoms with Crippen LogP contribution in [-0.2, 0) is 16.0 Å². The number of rotatable bonds is 6. The Bertz CT molecular complexity index is 1180. The first-order valence-corrected chi connectivity index (χ1v) is 10.1. The highest BCUT2D eigenvalue weighted by molar-refractivity contribution is 6.33. The topological polar surface area (TPSA) is 109 Å². The van der Waals surface area contributed by atoms with Crippen molar-refractivity contribution in [3.63, 3.8) is 0 Å². The van der Waals surface area contributed by atoms with Crippen LogP contribution >= 0.6 is 11.6 Å². The quantitative estimate of drug-likeness (QED) is 0.537. The van der Waals surface area contributed by atoms with E-state index in [1.165, 1.54) is 16.7 Å². The first-order chi connectivity index (χ1) is 14.6. The van der Waals surface area contributed by atoms with Gasteiger partial charge in [-0.3, -0.25) is 19.0 Å². The van der Waals surface area contributed by atoms with E-state index in [1.54, 1.807) is 26.0 Å². The maximum absolute atomic E-state index is 13.3. The van der Waals surface area contributed by atoms with E-state index in [2.05, 4.69) is 5.32 Å². The number of carboxylic acids is 1. The zero-order chi connectivity index (χ0) is 22.9. The molecule has 0 radical (unpaired) electrons. The predicted molar refractivity (Wildman–Crippen MR) is 118 cm³/mol. The Morgan fingerprint density at radius 1 is 1.13 bits per heavy atom. The summed E-state index contributed by atoms with van der Waals surface area (Å²) in [5.74, 6) is -1.83. The standard InChI is InChI=1S/C23H23ClN2O5/c1-12-4-6-15(7-5-12)23(31)26-14(3)16(10-21(28)25-13(2)8-22(29)30)17-9-20(27)18(24)11-19(17)26/h4-7,9,11,13,27H,8,10H2,1-3H3,(H,25,28)(H,29,30). The minimum Gasteiger partial charge on any atom is -0.506 e. The molecular weight excluding hydrogens is 420 g/mol. The van der Waals surface area contributed by atoms with Crippen LogP contribution in [0.3, 0.4) is 0 Å². The number of hydrogen-bond donors (Lipinski definition) is 3. The van der Waals surface area contributed by atoms with E-state index >= 15 is 0 Å². The lowest BCUT2D eigenvalue weighted by molar-refractivity contribution is -0.137. The van der Waals surface area contributed by atoms with Crippen LogP contribution in [-0.4, -0.2) is 38.6 Å². The van der Waals surface area contributed by atoms with Crippen molar-refractivity contribution in [1.29, 1.82) is 0 Å². The number of fused-ring (bicyclic) bond motifs is 1. The van der Waals surface area contributed by atoms with Gasteiger partial charge in [0.25, 0.3) is 5.91 Å². The Balaban J connectivity index is 2.06. The smallest absolute Gasteiger partial charge is 0.305 e. The lowest BCUT2D eigenvalue weighted by atomic mass is 10.1. The van der Waals surface area contributed by atoms with Crippen LogP contribution in [0.2, 0.25) is 5.02 Å². The molecule has 3 N–H and O–H groups in total. The summed E-state index contributed by atoms with van der Waals surface area (Å²) in [7, 11) is 0. The van der Waals surface area contributed by atoms with E-state index in [0.717, 1.165) is 5.56 Å². The van der Waals surface area contributed by atoms with Gasteiger partial charge in [-0.1, -0.05) is 29.3 Å². The number of phenolic OH excluding ortho intramolecular Hbond substituents is 1. The second-order valence-electron chi connectivity index (χ2n) is 7.63. The van der Waals surface area contributed by atoms with Gasteiger partial charge in [0.15, 0.2) is 0 Å². The minimum atomic E-state index is -1.01. The number of halogens is 1. The summed E-state index contributed by atoms with van der Waals surface area (Å²) >= 11 is 6.11. The number of carbonyl (C=O) groups is 3. The van der Waals surface area contributed by atoms with Gasteiger partial charge in [-0.25, -0.2) is 0 Å². The van der Waals surface area contributed by atoms with Gasteiger partial charge in [-0.2, -0.15) is 0 Å². The Hall–Kier alpha value is -3.32. The molecule has 0 aliphatic carbocycles. The molecule has 7 nitrogen and oxygen atoms in total. The molecule has 0 bridgehead atoms. The summed E-state index contributed by atoms with van der Waals surface area (Å²) in [6.45, 7) is 5.25. The summed E-state index contributed by atoms with van der Waals surface area (Å²) in [6, 6.07) is 9.52. The van der Waals surface area contributed by atoms with Crippen molar-refractivity contribution < 1.29 is 24.6 Å². The van der Waals surface area contributed by atoms with E-state index in [0.29, 0.717) is 27.7 Å². The molecule has 8 heteroatoms. The average Bonchev–Trinajstić information content (AvgIpc) is 2.92. The molecule has 1 heterocycles. The number of aliphatic carboxylic acids is 1. The highest BCUT2D eigenvalue weighted by Gasteiger charge is 2.23. The van der Waals surface area contributed by atoms with Crippen LogP contribution < -0.4 is 5.32 Å². The molecule has 0 fully saturated rings. The van der Waals surface area contributed by atoms with Crippen molar-refractivity contribution in [1.82, 2.24) is 9.88 Å². The lowest BCUT2D eigenvalue weighted by Crippen LogP contribution is -2.35. The van der Waals surface area contributed by atoms with Gasteiger partial charge in [-0.05, 0) is 50.6 Å². The zero-order valence-electron chi connectivity index (χ0n) is 17.4. The maximum Gasteiger partial charge on any atom is 0.305 e. The fourth-order valence-electron chi connectivity index (χ4n) is 3.60. The molecule has 2 aromatic carbocycles. The third-order valence-electron chi connectivity index (χ3n) is 5.13. The first kappa shape index (κ1) is 22.4. The molecule has 3 aromatic rings. The molecule has 0 aliphatic heterocycles. The summed E-state index contributed by atoms with van der Waals surface area (Å²) < 4.78 is 1.48. The number of aromatic nitrogens is 1. The molecule has 1 amide bonds. The number of hydrogen-bond acceptors (Lipinski definition) is 4. The van der Waals surface area contributed by atoms with Gasteiger partial charge < -0.3 is 15.5 Å². The number of carbonyl (C=O) groups excluding carboxylic acids is 2. The predicted octanol–water partition coefficient (Wildman–Crippen LogP) is 3.83. The van der Waals surface area contributed by atoms with Gasteiger partial charge in [0.1, 0.15) is 5.75 Å². The molecule has 162 valence electrons. The third-order valence-corrected chi connectivity index (χ3v) is 5.43. The van der Waals surface area contributed by atoms with Crippen LogP contribution in [0.4, 0.5) is 0 Å². The highest BCUT2D eigenvalue weighted by atomic mass is 35.5. The minimum absolute atomic E-state index is 0.0818. The zero-order valence-corrected chi connectivity index (χ0v) is 18.2. The van der Waals surface area contributed by atoms with E-state index in [-0.39, 0.29) is 35.4 Å². The van der Waals surface area contributed by atoms with E-state index in [4.69, 9.17) is 16.7 Å². The van der Waals surface area contributed by atoms with Gasteiger partial charge >= 0.3 is 5.97 Å². The number of carboxylic acid groups (broad SMARTS) is 1. The van der Waals surface area contributed by atoms with Crippen molar-refractivity contribution in [2.24, 2.45) is 0 Å².